The van der Waals surface area contributed by atoms with Crippen molar-refractivity contribution in [2.45, 2.75) is 19.3 Å². The van der Waals surface area contributed by atoms with Gasteiger partial charge in [0.1, 0.15) is 0 Å². The third-order valence-corrected chi connectivity index (χ3v) is 3.04. The van der Waals surface area contributed by atoms with Gasteiger partial charge in [0, 0.05) is 26.2 Å². The van der Waals surface area contributed by atoms with Crippen molar-refractivity contribution < 1.29 is 4.74 Å². The van der Waals surface area contributed by atoms with Crippen molar-refractivity contribution in [3.05, 3.63) is 0 Å². The van der Waals surface area contributed by atoms with Crippen LogP contribution >= 0.6 is 0 Å². The van der Waals surface area contributed by atoms with Gasteiger partial charge in [0.15, 0.2) is 0 Å². The van der Waals surface area contributed by atoms with E-state index in [0.29, 0.717) is 0 Å². The molecule has 0 spiro atoms. The van der Waals surface area contributed by atoms with E-state index < -0.39 is 0 Å². The average molecular weight is 198 g/mol. The van der Waals surface area contributed by atoms with Gasteiger partial charge >= 0.3 is 0 Å². The zero-order valence-corrected chi connectivity index (χ0v) is 9.00. The summed E-state index contributed by atoms with van der Waals surface area (Å²) in [7, 11) is 0. The van der Waals surface area contributed by atoms with Crippen LogP contribution in [0, 0.1) is 5.92 Å². The van der Waals surface area contributed by atoms with Crippen LogP contribution < -0.4 is 5.32 Å². The van der Waals surface area contributed by atoms with Crippen LogP contribution in [0.4, 0.5) is 0 Å². The first-order valence-electron chi connectivity index (χ1n) is 5.96. The van der Waals surface area contributed by atoms with Gasteiger partial charge in [-0.15, -0.1) is 0 Å². The standard InChI is InChI=1S/C11H22N2O/c1-4-12-5-7-13(6-1)8-9-14-10-11-2-3-11/h11-12H,1-10H2. The van der Waals surface area contributed by atoms with Crippen LogP contribution in [0.25, 0.3) is 0 Å². The van der Waals surface area contributed by atoms with Gasteiger partial charge in [0.25, 0.3) is 0 Å². The van der Waals surface area contributed by atoms with Crippen LogP contribution in [0.2, 0.25) is 0 Å². The smallest absolute Gasteiger partial charge is 0.0593 e. The molecule has 3 heteroatoms. The van der Waals surface area contributed by atoms with E-state index in [1.54, 1.807) is 0 Å². The minimum absolute atomic E-state index is 0.904. The Morgan fingerprint density at radius 2 is 2.14 bits per heavy atom. The first-order valence-corrected chi connectivity index (χ1v) is 5.96. The summed E-state index contributed by atoms with van der Waals surface area (Å²) in [5.74, 6) is 0.904. The summed E-state index contributed by atoms with van der Waals surface area (Å²) in [6.45, 7) is 7.80. The molecule has 0 aromatic rings. The molecular weight excluding hydrogens is 176 g/mol. The summed E-state index contributed by atoms with van der Waals surface area (Å²) in [4.78, 5) is 2.51. The minimum atomic E-state index is 0.904. The number of ether oxygens (including phenoxy) is 1. The van der Waals surface area contributed by atoms with Crippen LogP contribution in [-0.4, -0.2) is 50.8 Å². The highest BCUT2D eigenvalue weighted by Crippen LogP contribution is 2.28. The Morgan fingerprint density at radius 1 is 1.21 bits per heavy atom. The van der Waals surface area contributed by atoms with Crippen molar-refractivity contribution in [2.24, 2.45) is 5.92 Å². The summed E-state index contributed by atoms with van der Waals surface area (Å²) in [6, 6.07) is 0. The van der Waals surface area contributed by atoms with Crippen molar-refractivity contribution in [2.75, 3.05) is 45.9 Å². The van der Waals surface area contributed by atoms with Gasteiger partial charge in [0.2, 0.25) is 0 Å². The monoisotopic (exact) mass is 198 g/mol. The molecule has 2 aliphatic rings. The number of hydrogen-bond donors (Lipinski definition) is 1. The summed E-state index contributed by atoms with van der Waals surface area (Å²) in [5.41, 5.74) is 0. The Bertz CT molecular complexity index is 151. The lowest BCUT2D eigenvalue weighted by molar-refractivity contribution is 0.0982. The molecule has 82 valence electrons. The van der Waals surface area contributed by atoms with E-state index in [1.165, 1.54) is 38.9 Å². The largest absolute Gasteiger partial charge is 0.380 e. The molecule has 1 saturated heterocycles. The third-order valence-electron chi connectivity index (χ3n) is 3.04. The molecule has 0 aromatic heterocycles. The number of rotatable bonds is 5. The molecule has 3 nitrogen and oxygen atoms in total. The molecule has 0 aromatic carbocycles. The van der Waals surface area contributed by atoms with E-state index in [-0.39, 0.29) is 0 Å². The molecule has 0 bridgehead atoms. The van der Waals surface area contributed by atoms with E-state index in [0.717, 1.165) is 32.2 Å². The molecule has 1 heterocycles. The van der Waals surface area contributed by atoms with E-state index in [2.05, 4.69) is 10.2 Å². The predicted molar refractivity (Wildman–Crippen MR) is 57.5 cm³/mol. The second kappa shape index (κ2) is 5.69. The fraction of sp³-hybridized carbons (Fsp3) is 1.00. The molecule has 0 unspecified atom stereocenters. The van der Waals surface area contributed by atoms with Gasteiger partial charge < -0.3 is 10.1 Å². The predicted octanol–water partition coefficient (Wildman–Crippen LogP) is 0.708. The molecule has 2 rings (SSSR count). The SMILES string of the molecule is C1CNCCN(CCOCC2CC2)C1. The number of nitrogens with one attached hydrogen (secondary N) is 1. The van der Waals surface area contributed by atoms with Crippen LogP contribution in [0.5, 0.6) is 0 Å². The topological polar surface area (TPSA) is 24.5 Å². The Balaban J connectivity index is 1.49. The van der Waals surface area contributed by atoms with Crippen molar-refractivity contribution in [1.29, 1.82) is 0 Å². The molecule has 1 N–H and O–H groups in total. The minimum Gasteiger partial charge on any atom is -0.380 e. The van der Waals surface area contributed by atoms with Gasteiger partial charge in [0.05, 0.1) is 6.61 Å². The second-order valence-electron chi connectivity index (χ2n) is 4.46. The first kappa shape index (κ1) is 10.4. The normalized spacial score (nSPS) is 24.9. The fourth-order valence-electron chi connectivity index (χ4n) is 1.85. The van der Waals surface area contributed by atoms with Crippen LogP contribution in [0.15, 0.2) is 0 Å². The molecule has 0 amide bonds. The van der Waals surface area contributed by atoms with Crippen LogP contribution in [-0.2, 0) is 4.74 Å². The maximum absolute atomic E-state index is 5.64. The molecule has 14 heavy (non-hydrogen) atoms. The molecular formula is C11H22N2O. The summed E-state index contributed by atoms with van der Waals surface area (Å²) < 4.78 is 5.64. The second-order valence-corrected chi connectivity index (χ2v) is 4.46. The molecule has 2 fully saturated rings. The molecule has 0 atom stereocenters. The lowest BCUT2D eigenvalue weighted by atomic mass is 10.4. The molecule has 1 aliphatic heterocycles. The molecule has 1 saturated carbocycles. The van der Waals surface area contributed by atoms with Crippen molar-refractivity contribution in [3.63, 3.8) is 0 Å². The average Bonchev–Trinajstić information content (AvgIpc) is 3.01. The quantitative estimate of drug-likeness (QED) is 0.658. The Morgan fingerprint density at radius 3 is 3.00 bits per heavy atom. The zero-order valence-electron chi connectivity index (χ0n) is 9.00. The Kier molecular flexibility index (Phi) is 4.22. The van der Waals surface area contributed by atoms with Gasteiger partial charge in [-0.2, -0.15) is 0 Å². The summed E-state index contributed by atoms with van der Waals surface area (Å²) >= 11 is 0. The maximum atomic E-state index is 5.64. The maximum Gasteiger partial charge on any atom is 0.0593 e. The Hall–Kier alpha value is -0.120. The molecule has 1 aliphatic carbocycles. The molecule has 0 radical (unpaired) electrons. The van der Waals surface area contributed by atoms with Gasteiger partial charge in [-0.3, -0.25) is 4.90 Å². The number of nitrogens with zero attached hydrogens (tertiary/aromatic N) is 1. The van der Waals surface area contributed by atoms with E-state index in [4.69, 9.17) is 4.74 Å². The van der Waals surface area contributed by atoms with E-state index in [1.807, 2.05) is 0 Å². The van der Waals surface area contributed by atoms with Crippen LogP contribution in [0.3, 0.4) is 0 Å². The van der Waals surface area contributed by atoms with Crippen molar-refractivity contribution in [1.82, 2.24) is 10.2 Å². The highest BCUT2D eigenvalue weighted by atomic mass is 16.5. The van der Waals surface area contributed by atoms with Crippen molar-refractivity contribution >= 4 is 0 Å². The zero-order chi connectivity index (χ0) is 9.64. The van der Waals surface area contributed by atoms with Gasteiger partial charge in [-0.1, -0.05) is 0 Å². The van der Waals surface area contributed by atoms with Crippen LogP contribution in [0.1, 0.15) is 19.3 Å². The third kappa shape index (κ3) is 3.95. The van der Waals surface area contributed by atoms with Gasteiger partial charge in [-0.05, 0) is 38.3 Å². The van der Waals surface area contributed by atoms with E-state index >= 15 is 0 Å². The lowest BCUT2D eigenvalue weighted by Gasteiger charge is -2.18. The fourth-order valence-corrected chi connectivity index (χ4v) is 1.85. The summed E-state index contributed by atoms with van der Waals surface area (Å²) in [6.07, 6.45) is 4.07. The van der Waals surface area contributed by atoms with E-state index in [9.17, 15) is 0 Å². The summed E-state index contributed by atoms with van der Waals surface area (Å²) in [5, 5.41) is 3.41. The highest BCUT2D eigenvalue weighted by molar-refractivity contribution is 4.72. The number of hydrogen-bond acceptors (Lipinski definition) is 3. The van der Waals surface area contributed by atoms with Crippen molar-refractivity contribution in [3.8, 4) is 0 Å². The van der Waals surface area contributed by atoms with Gasteiger partial charge in [-0.25, -0.2) is 0 Å². The first-order chi connectivity index (χ1) is 6.95. The lowest BCUT2D eigenvalue weighted by Crippen LogP contribution is -2.31. The highest BCUT2D eigenvalue weighted by Gasteiger charge is 2.21. The Labute approximate surface area is 86.8 Å².